The lowest BCUT2D eigenvalue weighted by molar-refractivity contribution is 0.0144. The second-order valence-corrected chi connectivity index (χ2v) is 5.37. The minimum atomic E-state index is -0.402. The van der Waals surface area contributed by atoms with Crippen molar-refractivity contribution in [1.29, 1.82) is 0 Å². The van der Waals surface area contributed by atoms with Crippen molar-refractivity contribution in [1.82, 2.24) is 4.90 Å². The van der Waals surface area contributed by atoms with Crippen molar-refractivity contribution < 1.29 is 14.3 Å². The topological polar surface area (TPSA) is 38.8 Å². The fraction of sp³-hybridized carbons (Fsp3) is 0.917. The van der Waals surface area contributed by atoms with Crippen molar-refractivity contribution in [2.45, 2.75) is 39.2 Å². The first-order chi connectivity index (χ1) is 7.42. The van der Waals surface area contributed by atoms with Gasteiger partial charge in [0.2, 0.25) is 0 Å². The Morgan fingerprint density at radius 3 is 2.31 bits per heavy atom. The Labute approximate surface area is 97.9 Å². The number of likely N-dealkylation sites (tertiary alicyclic amines) is 1. The SMILES string of the molecule is COCC1CCN(C(=O)OC(C)(C)C)CC1. The molecule has 1 fully saturated rings. The Morgan fingerprint density at radius 1 is 1.31 bits per heavy atom. The molecule has 0 aromatic carbocycles. The maximum atomic E-state index is 11.8. The maximum absolute atomic E-state index is 11.8. The number of ether oxygens (including phenoxy) is 2. The second-order valence-electron chi connectivity index (χ2n) is 5.37. The lowest BCUT2D eigenvalue weighted by Gasteiger charge is -2.33. The summed E-state index contributed by atoms with van der Waals surface area (Å²) >= 11 is 0. The highest BCUT2D eigenvalue weighted by Crippen LogP contribution is 2.19. The van der Waals surface area contributed by atoms with Crippen LogP contribution in [0.15, 0.2) is 0 Å². The third-order valence-electron chi connectivity index (χ3n) is 2.67. The van der Waals surface area contributed by atoms with E-state index >= 15 is 0 Å². The predicted octanol–water partition coefficient (Wildman–Crippen LogP) is 2.28. The summed E-state index contributed by atoms with van der Waals surface area (Å²) in [4.78, 5) is 13.5. The monoisotopic (exact) mass is 229 g/mol. The van der Waals surface area contributed by atoms with Gasteiger partial charge >= 0.3 is 6.09 Å². The quantitative estimate of drug-likeness (QED) is 0.729. The molecule has 1 saturated heterocycles. The fourth-order valence-corrected chi connectivity index (χ4v) is 1.84. The highest BCUT2D eigenvalue weighted by Gasteiger charge is 2.26. The Hall–Kier alpha value is -0.770. The summed E-state index contributed by atoms with van der Waals surface area (Å²) in [5, 5.41) is 0. The van der Waals surface area contributed by atoms with Gasteiger partial charge in [0.25, 0.3) is 0 Å². The van der Waals surface area contributed by atoms with Gasteiger partial charge in [-0.15, -0.1) is 0 Å². The van der Waals surface area contributed by atoms with Gasteiger partial charge in [-0.25, -0.2) is 4.79 Å². The molecule has 4 heteroatoms. The molecule has 0 aromatic heterocycles. The van der Waals surface area contributed by atoms with Gasteiger partial charge < -0.3 is 14.4 Å². The molecular formula is C12H23NO3. The van der Waals surface area contributed by atoms with E-state index in [0.29, 0.717) is 5.92 Å². The van der Waals surface area contributed by atoms with E-state index in [1.165, 1.54) is 0 Å². The van der Waals surface area contributed by atoms with Gasteiger partial charge in [-0.3, -0.25) is 0 Å². The van der Waals surface area contributed by atoms with Gasteiger partial charge in [-0.1, -0.05) is 0 Å². The van der Waals surface area contributed by atoms with Crippen LogP contribution in [0.1, 0.15) is 33.6 Å². The van der Waals surface area contributed by atoms with Crippen LogP contribution in [0.4, 0.5) is 4.79 Å². The molecule has 0 unspecified atom stereocenters. The van der Waals surface area contributed by atoms with Gasteiger partial charge in [0.05, 0.1) is 0 Å². The summed E-state index contributed by atoms with van der Waals surface area (Å²) in [7, 11) is 1.72. The number of methoxy groups -OCH3 is 1. The van der Waals surface area contributed by atoms with Crippen LogP contribution >= 0.6 is 0 Å². The fourth-order valence-electron chi connectivity index (χ4n) is 1.84. The molecule has 1 aliphatic rings. The standard InChI is InChI=1S/C12H23NO3/c1-12(2,3)16-11(14)13-7-5-10(6-8-13)9-15-4/h10H,5-9H2,1-4H3. The highest BCUT2D eigenvalue weighted by molar-refractivity contribution is 5.68. The molecule has 1 aliphatic heterocycles. The minimum absolute atomic E-state index is 0.191. The molecule has 0 N–H and O–H groups in total. The van der Waals surface area contributed by atoms with Crippen LogP contribution in [-0.4, -0.2) is 43.4 Å². The molecule has 0 spiro atoms. The lowest BCUT2D eigenvalue weighted by atomic mass is 9.98. The number of nitrogens with zero attached hydrogens (tertiary/aromatic N) is 1. The summed E-state index contributed by atoms with van der Waals surface area (Å²) in [6.07, 6.45) is 1.82. The maximum Gasteiger partial charge on any atom is 0.410 e. The molecule has 0 aromatic rings. The Morgan fingerprint density at radius 2 is 1.88 bits per heavy atom. The van der Waals surface area contributed by atoms with Crippen LogP contribution < -0.4 is 0 Å². The van der Waals surface area contributed by atoms with Gasteiger partial charge in [-0.05, 0) is 39.5 Å². The zero-order valence-electron chi connectivity index (χ0n) is 10.8. The first-order valence-corrected chi connectivity index (χ1v) is 5.89. The van der Waals surface area contributed by atoms with E-state index in [2.05, 4.69) is 0 Å². The zero-order chi connectivity index (χ0) is 12.2. The molecule has 0 radical (unpaired) electrons. The molecule has 1 rings (SSSR count). The minimum Gasteiger partial charge on any atom is -0.444 e. The van der Waals surface area contributed by atoms with E-state index in [4.69, 9.17) is 9.47 Å². The summed E-state index contributed by atoms with van der Waals surface area (Å²) in [5.41, 5.74) is -0.402. The molecule has 16 heavy (non-hydrogen) atoms. The third-order valence-corrected chi connectivity index (χ3v) is 2.67. The third kappa shape index (κ3) is 4.39. The number of rotatable bonds is 2. The van der Waals surface area contributed by atoms with E-state index in [1.54, 1.807) is 12.0 Å². The van der Waals surface area contributed by atoms with Crippen LogP contribution in [-0.2, 0) is 9.47 Å². The molecule has 94 valence electrons. The van der Waals surface area contributed by atoms with Crippen molar-refractivity contribution in [2.24, 2.45) is 5.92 Å². The van der Waals surface area contributed by atoms with E-state index < -0.39 is 5.60 Å². The second kappa shape index (κ2) is 5.53. The zero-order valence-corrected chi connectivity index (χ0v) is 10.8. The van der Waals surface area contributed by atoms with E-state index in [9.17, 15) is 4.79 Å². The van der Waals surface area contributed by atoms with Gasteiger partial charge in [-0.2, -0.15) is 0 Å². The van der Waals surface area contributed by atoms with E-state index in [1.807, 2.05) is 20.8 Å². The van der Waals surface area contributed by atoms with Gasteiger partial charge in [0.1, 0.15) is 5.60 Å². The first-order valence-electron chi connectivity index (χ1n) is 5.89. The Balaban J connectivity index is 2.33. The summed E-state index contributed by atoms with van der Waals surface area (Å²) in [5.74, 6) is 0.587. The average Bonchev–Trinajstić information content (AvgIpc) is 2.16. The molecular weight excluding hydrogens is 206 g/mol. The first kappa shape index (κ1) is 13.3. The van der Waals surface area contributed by atoms with Crippen molar-refractivity contribution in [3.63, 3.8) is 0 Å². The molecule has 0 atom stereocenters. The van der Waals surface area contributed by atoms with Crippen LogP contribution in [0.2, 0.25) is 0 Å². The molecule has 0 bridgehead atoms. The average molecular weight is 229 g/mol. The van der Waals surface area contributed by atoms with E-state index in [0.717, 1.165) is 32.5 Å². The number of hydrogen-bond donors (Lipinski definition) is 0. The summed E-state index contributed by atoms with van der Waals surface area (Å²) in [6, 6.07) is 0. The molecule has 0 aliphatic carbocycles. The number of hydrogen-bond acceptors (Lipinski definition) is 3. The molecule has 4 nitrogen and oxygen atoms in total. The normalized spacial score (nSPS) is 18.6. The van der Waals surface area contributed by atoms with Crippen molar-refractivity contribution in [3.05, 3.63) is 0 Å². The van der Waals surface area contributed by atoms with E-state index in [-0.39, 0.29) is 6.09 Å². The van der Waals surface area contributed by atoms with Crippen LogP contribution in [0.3, 0.4) is 0 Å². The van der Waals surface area contributed by atoms with Crippen molar-refractivity contribution in [3.8, 4) is 0 Å². The number of piperidine rings is 1. The largest absolute Gasteiger partial charge is 0.444 e. The lowest BCUT2D eigenvalue weighted by Crippen LogP contribution is -2.42. The number of carbonyl (C=O) groups excluding carboxylic acids is 1. The Bertz CT molecular complexity index is 227. The number of amides is 1. The highest BCUT2D eigenvalue weighted by atomic mass is 16.6. The smallest absolute Gasteiger partial charge is 0.410 e. The summed E-state index contributed by atoms with van der Waals surface area (Å²) < 4.78 is 10.5. The number of carbonyl (C=O) groups is 1. The summed E-state index contributed by atoms with van der Waals surface area (Å²) in [6.45, 7) is 8.03. The van der Waals surface area contributed by atoms with Crippen LogP contribution in [0.5, 0.6) is 0 Å². The van der Waals surface area contributed by atoms with Crippen molar-refractivity contribution >= 4 is 6.09 Å². The molecule has 1 amide bonds. The van der Waals surface area contributed by atoms with Crippen molar-refractivity contribution in [2.75, 3.05) is 26.8 Å². The molecule has 0 saturated carbocycles. The van der Waals surface area contributed by atoms with Gasteiger partial charge in [0.15, 0.2) is 0 Å². The Kier molecular flexibility index (Phi) is 4.59. The predicted molar refractivity (Wildman–Crippen MR) is 62.4 cm³/mol. The molecule has 1 heterocycles. The van der Waals surface area contributed by atoms with Gasteiger partial charge in [0, 0.05) is 26.8 Å². The van der Waals surface area contributed by atoms with Crippen LogP contribution in [0, 0.1) is 5.92 Å². The van der Waals surface area contributed by atoms with Crippen LogP contribution in [0.25, 0.3) is 0 Å².